The van der Waals surface area contributed by atoms with Gasteiger partial charge in [-0.15, -0.1) is 35.7 Å². The quantitative estimate of drug-likeness (QED) is 0.169. The summed E-state index contributed by atoms with van der Waals surface area (Å²) in [5, 5.41) is 13.3. The minimum absolute atomic E-state index is 0.0216. The van der Waals surface area contributed by atoms with Gasteiger partial charge in [-0.1, -0.05) is 57.0 Å². The first-order valence-corrected chi connectivity index (χ1v) is 27.3. The number of esters is 2. The number of ketones is 1. The second kappa shape index (κ2) is 13.5. The summed E-state index contributed by atoms with van der Waals surface area (Å²) in [5.41, 5.74) is -2.98. The van der Waals surface area contributed by atoms with Crippen LogP contribution in [-0.4, -0.2) is 58.9 Å². The smallest absolute Gasteiger partial charge is 0.338 e. The largest absolute Gasteiger partial charge is 0.455 e. The van der Waals surface area contributed by atoms with E-state index in [0.717, 1.165) is 11.1 Å². The molecule has 1 aromatic carbocycles. The van der Waals surface area contributed by atoms with Crippen LogP contribution in [0.3, 0.4) is 0 Å². The molecule has 1 heterocycles. The monoisotopic (exact) mass is 764 g/mol. The SMILES string of the molecule is CC(=O)O[C@@]12CO[C@@H]1C[C@H](OP(P(P)P)P(P)P)[C@@]1(C)C(=O)[C@H](C)C3=C(C)[C@@H](C)C[C@@](O)([C@@H](OC(=O)c4ccccc4)C12)C3(C)C. The number of Topliss-reactive ketones (excluding diaryl/α,β-unsaturated/α-hetero) is 1. The molecule has 1 N–H and O–H groups in total. The zero-order valence-electron chi connectivity index (χ0n) is 27.4. The van der Waals surface area contributed by atoms with Gasteiger partial charge in [0.25, 0.3) is 0 Å². The number of carbonyl (C=O) groups is 3. The first-order chi connectivity index (χ1) is 21.3. The Bertz CT molecular complexity index is 1410. The van der Waals surface area contributed by atoms with Crippen LogP contribution in [0.4, 0.5) is 0 Å². The van der Waals surface area contributed by atoms with E-state index in [1.165, 1.54) is 6.92 Å². The van der Waals surface area contributed by atoms with Crippen LogP contribution in [0.5, 0.6) is 0 Å². The third-order valence-electron chi connectivity index (χ3n) is 11.2. The van der Waals surface area contributed by atoms with Gasteiger partial charge in [0.1, 0.15) is 23.6 Å². The standard InChI is InChI=1S/C31H47O8P7/c1-16-14-31(35)26(37-27(34)20-11-9-8-10-12-20)24-29(7,25(33)18(3)23(17(16)2)28(31,5)6)21(39-44(45(40)41)46(42)43)13-22-30(24,15-36-22)38-19(4)32/h8-12,16,18,21-22,24,26,35H,13-15,40-43H2,1-7H3/t16-,18+,21-,22+,24?,26-,29+,30-,31+/m0/s1. The van der Waals surface area contributed by atoms with E-state index in [-0.39, 0.29) is 18.3 Å². The summed E-state index contributed by atoms with van der Waals surface area (Å²) in [6.45, 7) is 11.8. The van der Waals surface area contributed by atoms with Crippen LogP contribution in [0.1, 0.15) is 71.7 Å². The Morgan fingerprint density at radius 1 is 1.04 bits per heavy atom. The van der Waals surface area contributed by atoms with Crippen molar-refractivity contribution in [2.45, 2.75) is 90.8 Å². The summed E-state index contributed by atoms with van der Waals surface area (Å²) in [4.78, 5) is 42.4. The molecule has 254 valence electrons. The molecule has 2 saturated carbocycles. The first kappa shape index (κ1) is 37.7. The molecule has 3 aliphatic carbocycles. The maximum atomic E-state index is 15.4. The lowest BCUT2D eigenvalue weighted by molar-refractivity contribution is -0.342. The molecule has 2 bridgehead atoms. The van der Waals surface area contributed by atoms with Crippen LogP contribution in [0.25, 0.3) is 0 Å². The Morgan fingerprint density at radius 2 is 1.65 bits per heavy atom. The molecule has 46 heavy (non-hydrogen) atoms. The predicted molar refractivity (Wildman–Crippen MR) is 200 cm³/mol. The molecule has 1 saturated heterocycles. The van der Waals surface area contributed by atoms with E-state index in [4.69, 9.17) is 18.7 Å². The van der Waals surface area contributed by atoms with Gasteiger partial charge in [-0.25, -0.2) is 4.79 Å². The van der Waals surface area contributed by atoms with Crippen LogP contribution < -0.4 is 0 Å². The minimum atomic E-state index is -1.63. The fourth-order valence-electron chi connectivity index (χ4n) is 8.89. The van der Waals surface area contributed by atoms with E-state index in [1.54, 1.807) is 24.3 Å². The van der Waals surface area contributed by atoms with Crippen molar-refractivity contribution >= 4 is 74.9 Å². The number of aliphatic hydroxyl groups is 1. The Balaban J connectivity index is 1.83. The van der Waals surface area contributed by atoms with Gasteiger partial charge in [0.15, 0.2) is 5.60 Å². The average molecular weight is 765 g/mol. The van der Waals surface area contributed by atoms with Crippen molar-refractivity contribution in [1.82, 2.24) is 0 Å². The first-order valence-electron chi connectivity index (χ1n) is 15.4. The van der Waals surface area contributed by atoms with Gasteiger partial charge in [0.2, 0.25) is 0 Å². The van der Waals surface area contributed by atoms with Gasteiger partial charge < -0.3 is 23.8 Å². The fourth-order valence-corrected chi connectivity index (χ4v) is 41.8. The van der Waals surface area contributed by atoms with E-state index in [1.807, 2.05) is 47.6 Å². The Labute approximate surface area is 285 Å². The molecule has 8 nitrogen and oxygen atoms in total. The van der Waals surface area contributed by atoms with Crippen molar-refractivity contribution in [1.29, 1.82) is 0 Å². The van der Waals surface area contributed by atoms with Gasteiger partial charge in [0, 0.05) is 24.7 Å². The Morgan fingerprint density at radius 3 is 2.17 bits per heavy atom. The summed E-state index contributed by atoms with van der Waals surface area (Å²) in [6, 6.07) is 8.67. The normalized spacial score (nSPS) is 38.5. The molecule has 5 rings (SSSR count). The zero-order valence-corrected chi connectivity index (χ0v) is 34.7. The molecular weight excluding hydrogens is 717 g/mol. The van der Waals surface area contributed by atoms with E-state index in [9.17, 15) is 14.7 Å². The lowest BCUT2D eigenvalue weighted by atomic mass is 9.43. The maximum Gasteiger partial charge on any atom is 0.338 e. The minimum Gasteiger partial charge on any atom is -0.455 e. The number of benzene rings is 1. The summed E-state index contributed by atoms with van der Waals surface area (Å²) < 4.78 is 26.1. The van der Waals surface area contributed by atoms with Crippen molar-refractivity contribution in [3.8, 4) is 0 Å². The number of ether oxygens (including phenoxy) is 3. The third-order valence-corrected chi connectivity index (χ3v) is 33.6. The molecule has 3 fully saturated rings. The van der Waals surface area contributed by atoms with Crippen LogP contribution in [0.15, 0.2) is 41.5 Å². The number of hydrogen-bond acceptors (Lipinski definition) is 8. The molecule has 1 aliphatic heterocycles. The zero-order chi connectivity index (χ0) is 34.1. The Hall–Kier alpha value is 0.460. The van der Waals surface area contributed by atoms with Crippen LogP contribution in [-0.2, 0) is 28.3 Å². The van der Waals surface area contributed by atoms with E-state index >= 15 is 4.79 Å². The number of carbonyl (C=O) groups excluding carboxylic acids is 3. The molecule has 5 unspecified atom stereocenters. The molecule has 0 amide bonds. The van der Waals surface area contributed by atoms with Crippen LogP contribution in [0.2, 0.25) is 0 Å². The predicted octanol–water partition coefficient (Wildman–Crippen LogP) is 8.01. The lowest BCUT2D eigenvalue weighted by Crippen LogP contribution is -2.81. The van der Waals surface area contributed by atoms with Crippen molar-refractivity contribution in [3.05, 3.63) is 47.0 Å². The number of allylic oxidation sites excluding steroid dienone is 1. The summed E-state index contributed by atoms with van der Waals surface area (Å²) in [6.07, 6.45) is -1.88. The van der Waals surface area contributed by atoms with E-state index in [2.05, 4.69) is 35.7 Å². The van der Waals surface area contributed by atoms with Crippen molar-refractivity contribution in [3.63, 3.8) is 0 Å². The highest BCUT2D eigenvalue weighted by molar-refractivity contribution is 8.96. The second-order valence-electron chi connectivity index (χ2n) is 14.0. The van der Waals surface area contributed by atoms with Gasteiger partial charge in [-0.2, -0.15) is 0 Å². The summed E-state index contributed by atoms with van der Waals surface area (Å²) >= 11 is 0. The van der Waals surface area contributed by atoms with Crippen LogP contribution in [0, 0.1) is 28.6 Å². The summed E-state index contributed by atoms with van der Waals surface area (Å²) in [5.74, 6) is -2.84. The van der Waals surface area contributed by atoms with Crippen molar-refractivity contribution in [2.75, 3.05) is 6.61 Å². The van der Waals surface area contributed by atoms with E-state index in [0.29, 0.717) is 18.4 Å². The summed E-state index contributed by atoms with van der Waals surface area (Å²) in [7, 11) is 10.5. The fraction of sp³-hybridized carbons (Fsp3) is 0.645. The second-order valence-corrected chi connectivity index (χ2v) is 37.6. The van der Waals surface area contributed by atoms with Gasteiger partial charge >= 0.3 is 11.9 Å². The van der Waals surface area contributed by atoms with Crippen molar-refractivity contribution in [2.24, 2.45) is 28.6 Å². The van der Waals surface area contributed by atoms with Crippen LogP contribution >= 0.6 is 57.2 Å². The highest BCUT2D eigenvalue weighted by atomic mass is 33.0. The molecule has 0 aromatic heterocycles. The molecular formula is C31H47O8P7. The number of rotatable bonds is 7. The number of hydrogen-bond donors (Lipinski definition) is 1. The molecule has 0 radical (unpaired) electrons. The van der Waals surface area contributed by atoms with Crippen molar-refractivity contribution < 1.29 is 38.2 Å². The van der Waals surface area contributed by atoms with Gasteiger partial charge in [-0.3, -0.25) is 9.59 Å². The molecule has 15 heteroatoms. The molecule has 1 aromatic rings. The van der Waals surface area contributed by atoms with E-state index < -0.39 is 85.6 Å². The highest BCUT2D eigenvalue weighted by Gasteiger charge is 2.77. The van der Waals surface area contributed by atoms with Gasteiger partial charge in [0.05, 0.1) is 37.1 Å². The topological polar surface area (TPSA) is 108 Å². The molecule has 13 atom stereocenters. The maximum absolute atomic E-state index is 15.4. The highest BCUT2D eigenvalue weighted by Crippen LogP contribution is 2.98. The van der Waals surface area contributed by atoms with Gasteiger partial charge in [-0.05, 0) is 52.3 Å². The molecule has 0 spiro atoms. The average Bonchev–Trinajstić information content (AvgIpc) is 2.96. The Kier molecular flexibility index (Phi) is 11.1. The lowest BCUT2D eigenvalue weighted by Gasteiger charge is -2.68. The molecule has 4 aliphatic rings. The number of fused-ring (bicyclic) bond motifs is 5. The third kappa shape index (κ3) is 5.88.